The second-order valence-corrected chi connectivity index (χ2v) is 5.82. The highest BCUT2D eigenvalue weighted by Gasteiger charge is 2.18. The lowest BCUT2D eigenvalue weighted by Gasteiger charge is -2.06. The highest BCUT2D eigenvalue weighted by Crippen LogP contribution is 2.17. The van der Waals surface area contributed by atoms with E-state index in [0.29, 0.717) is 12.4 Å². The second kappa shape index (κ2) is 9.09. The molecule has 0 saturated heterocycles. The average Bonchev–Trinajstić information content (AvgIpc) is 2.74. The normalized spacial score (nSPS) is 10.6. The summed E-state index contributed by atoms with van der Waals surface area (Å²) in [5.41, 5.74) is 3.80. The minimum Gasteiger partial charge on any atom is -0.489 e. The lowest BCUT2D eigenvalue weighted by atomic mass is 10.2. The van der Waals surface area contributed by atoms with Gasteiger partial charge in [-0.3, -0.25) is 14.9 Å². The molecule has 0 spiro atoms. The predicted molar refractivity (Wildman–Crippen MR) is 105 cm³/mol. The molecule has 0 aromatic heterocycles. The van der Waals surface area contributed by atoms with Crippen LogP contribution in [0.4, 0.5) is 5.69 Å². The van der Waals surface area contributed by atoms with E-state index in [0.717, 1.165) is 11.1 Å². The number of amides is 1. The molecule has 0 bridgehead atoms. The maximum absolute atomic E-state index is 12.1. The topological polar surface area (TPSA) is 93.8 Å². The van der Waals surface area contributed by atoms with Gasteiger partial charge in [-0.25, -0.2) is 5.43 Å². The molecule has 3 aromatic rings. The van der Waals surface area contributed by atoms with Crippen molar-refractivity contribution < 1.29 is 14.5 Å². The van der Waals surface area contributed by atoms with Crippen molar-refractivity contribution >= 4 is 17.8 Å². The monoisotopic (exact) mass is 375 g/mol. The Hall–Kier alpha value is -4.00. The number of para-hydroxylation sites is 1. The molecule has 0 fully saturated rings. The van der Waals surface area contributed by atoms with Gasteiger partial charge in [0.1, 0.15) is 17.9 Å². The number of benzene rings is 3. The number of carbonyl (C=O) groups excluding carboxylic acids is 1. The van der Waals surface area contributed by atoms with Gasteiger partial charge in [-0.05, 0) is 41.5 Å². The third kappa shape index (κ3) is 5.01. The number of carbonyl (C=O) groups is 1. The van der Waals surface area contributed by atoms with Crippen LogP contribution in [0.25, 0.3) is 0 Å². The van der Waals surface area contributed by atoms with E-state index >= 15 is 0 Å². The van der Waals surface area contributed by atoms with Crippen LogP contribution < -0.4 is 10.2 Å². The lowest BCUT2D eigenvalue weighted by Crippen LogP contribution is -2.18. The summed E-state index contributed by atoms with van der Waals surface area (Å²) in [5, 5.41) is 14.8. The first-order valence-corrected chi connectivity index (χ1v) is 8.47. The third-order valence-corrected chi connectivity index (χ3v) is 3.85. The minimum atomic E-state index is -0.647. The van der Waals surface area contributed by atoms with Crippen LogP contribution in [0.3, 0.4) is 0 Å². The molecule has 3 rings (SSSR count). The zero-order valence-corrected chi connectivity index (χ0v) is 14.8. The molecule has 0 aliphatic rings. The molecule has 7 heteroatoms. The van der Waals surface area contributed by atoms with E-state index in [9.17, 15) is 14.9 Å². The van der Waals surface area contributed by atoms with Gasteiger partial charge in [0.25, 0.3) is 11.6 Å². The highest BCUT2D eigenvalue weighted by atomic mass is 16.6. The fourth-order valence-electron chi connectivity index (χ4n) is 2.44. The smallest absolute Gasteiger partial charge is 0.282 e. The van der Waals surface area contributed by atoms with Crippen LogP contribution in [0.2, 0.25) is 0 Å². The maximum atomic E-state index is 12.1. The number of nitrogens with one attached hydrogen (secondary N) is 1. The van der Waals surface area contributed by atoms with E-state index in [4.69, 9.17) is 4.74 Å². The summed E-state index contributed by atoms with van der Waals surface area (Å²) in [6.07, 6.45) is 1.45. The summed E-state index contributed by atoms with van der Waals surface area (Å²) in [5.74, 6) is 0.0660. The van der Waals surface area contributed by atoms with Crippen LogP contribution in [0, 0.1) is 10.1 Å². The molecule has 0 saturated carbocycles. The van der Waals surface area contributed by atoms with Crippen LogP contribution >= 0.6 is 0 Å². The molecule has 0 aliphatic carbocycles. The SMILES string of the molecule is O=C(N/N=C\c1ccc(OCc2ccccc2)cc1)c1ccccc1[N+](=O)[O-]. The number of nitro groups is 1. The number of hydrogen-bond acceptors (Lipinski definition) is 5. The van der Waals surface area contributed by atoms with Gasteiger partial charge in [-0.1, -0.05) is 42.5 Å². The van der Waals surface area contributed by atoms with Crippen molar-refractivity contribution in [3.05, 3.63) is 106 Å². The van der Waals surface area contributed by atoms with Crippen molar-refractivity contribution in [2.24, 2.45) is 5.10 Å². The Morgan fingerprint density at radius 2 is 1.68 bits per heavy atom. The zero-order valence-electron chi connectivity index (χ0n) is 14.8. The highest BCUT2D eigenvalue weighted by molar-refractivity contribution is 5.98. The zero-order chi connectivity index (χ0) is 19.8. The molecule has 1 N–H and O–H groups in total. The predicted octanol–water partition coefficient (Wildman–Crippen LogP) is 3.94. The summed E-state index contributed by atoms with van der Waals surface area (Å²) in [7, 11) is 0. The second-order valence-electron chi connectivity index (χ2n) is 5.82. The van der Waals surface area contributed by atoms with Crippen molar-refractivity contribution in [3.63, 3.8) is 0 Å². The summed E-state index contributed by atoms with van der Waals surface area (Å²) in [4.78, 5) is 22.5. The number of rotatable bonds is 7. The molecule has 0 radical (unpaired) electrons. The Kier molecular flexibility index (Phi) is 6.10. The molecular weight excluding hydrogens is 358 g/mol. The Morgan fingerprint density at radius 3 is 2.39 bits per heavy atom. The van der Waals surface area contributed by atoms with Crippen LogP contribution in [0.1, 0.15) is 21.5 Å². The van der Waals surface area contributed by atoms with Gasteiger partial charge in [0.05, 0.1) is 11.1 Å². The molecular formula is C21H17N3O4. The molecule has 0 atom stereocenters. The Balaban J connectivity index is 1.56. The fraction of sp³-hybridized carbons (Fsp3) is 0.0476. The Bertz CT molecular complexity index is 986. The van der Waals surface area contributed by atoms with Crippen molar-refractivity contribution in [1.29, 1.82) is 0 Å². The van der Waals surface area contributed by atoms with E-state index in [1.54, 1.807) is 30.3 Å². The van der Waals surface area contributed by atoms with Gasteiger partial charge in [0.2, 0.25) is 0 Å². The quantitative estimate of drug-likeness (QED) is 0.384. The minimum absolute atomic E-state index is 0.0469. The lowest BCUT2D eigenvalue weighted by molar-refractivity contribution is -0.385. The van der Waals surface area contributed by atoms with E-state index in [1.165, 1.54) is 24.4 Å². The molecule has 28 heavy (non-hydrogen) atoms. The molecule has 0 unspecified atom stereocenters. The van der Waals surface area contributed by atoms with Crippen LogP contribution in [-0.2, 0) is 6.61 Å². The number of ether oxygens (including phenoxy) is 1. The Morgan fingerprint density at radius 1 is 1.00 bits per heavy atom. The van der Waals surface area contributed by atoms with Gasteiger partial charge >= 0.3 is 0 Å². The first kappa shape index (κ1) is 18.8. The average molecular weight is 375 g/mol. The van der Waals surface area contributed by atoms with Crippen molar-refractivity contribution in [2.75, 3.05) is 0 Å². The van der Waals surface area contributed by atoms with Crippen molar-refractivity contribution in [3.8, 4) is 5.75 Å². The van der Waals surface area contributed by atoms with E-state index in [1.807, 2.05) is 30.3 Å². The number of hydrazone groups is 1. The molecule has 7 nitrogen and oxygen atoms in total. The maximum Gasteiger partial charge on any atom is 0.282 e. The van der Waals surface area contributed by atoms with E-state index < -0.39 is 10.8 Å². The molecule has 0 heterocycles. The van der Waals surface area contributed by atoms with Gasteiger partial charge < -0.3 is 4.74 Å². The number of nitro benzene ring substituents is 1. The summed E-state index contributed by atoms with van der Waals surface area (Å²) >= 11 is 0. The van der Waals surface area contributed by atoms with E-state index in [-0.39, 0.29) is 11.3 Å². The molecule has 0 aliphatic heterocycles. The first-order valence-electron chi connectivity index (χ1n) is 8.47. The standard InChI is InChI=1S/C21H17N3O4/c25-21(19-8-4-5-9-20(19)24(26)27)23-22-14-16-10-12-18(13-11-16)28-15-17-6-2-1-3-7-17/h1-14H,15H2,(H,23,25)/b22-14-. The fourth-order valence-corrected chi connectivity index (χ4v) is 2.44. The number of hydrogen-bond donors (Lipinski definition) is 1. The molecule has 140 valence electrons. The van der Waals surface area contributed by atoms with Crippen molar-refractivity contribution in [2.45, 2.75) is 6.61 Å². The largest absolute Gasteiger partial charge is 0.489 e. The Labute approximate surface area is 161 Å². The van der Waals surface area contributed by atoms with Crippen LogP contribution in [0.5, 0.6) is 5.75 Å². The van der Waals surface area contributed by atoms with Gasteiger partial charge in [0.15, 0.2) is 0 Å². The van der Waals surface area contributed by atoms with Gasteiger partial charge in [-0.2, -0.15) is 5.10 Å². The van der Waals surface area contributed by atoms with Gasteiger partial charge in [-0.15, -0.1) is 0 Å². The van der Waals surface area contributed by atoms with Gasteiger partial charge in [0, 0.05) is 6.07 Å². The third-order valence-electron chi connectivity index (χ3n) is 3.85. The molecule has 1 amide bonds. The summed E-state index contributed by atoms with van der Waals surface area (Å²) in [6.45, 7) is 0.472. The summed E-state index contributed by atoms with van der Waals surface area (Å²) < 4.78 is 5.71. The van der Waals surface area contributed by atoms with Crippen LogP contribution in [0.15, 0.2) is 84.0 Å². The summed E-state index contributed by atoms with van der Waals surface area (Å²) in [6, 6.07) is 22.7. The number of nitrogens with zero attached hydrogens (tertiary/aromatic N) is 2. The van der Waals surface area contributed by atoms with Crippen LogP contribution in [-0.4, -0.2) is 17.0 Å². The van der Waals surface area contributed by atoms with Crippen molar-refractivity contribution in [1.82, 2.24) is 5.43 Å². The first-order chi connectivity index (χ1) is 13.6. The molecule has 3 aromatic carbocycles. The van der Waals surface area contributed by atoms with E-state index in [2.05, 4.69) is 10.5 Å².